The molecule has 30 heavy (non-hydrogen) atoms. The highest BCUT2D eigenvalue weighted by molar-refractivity contribution is 6.31. The van der Waals surface area contributed by atoms with Crippen LogP contribution in [-0.4, -0.2) is 23.0 Å². The first-order valence-electron chi connectivity index (χ1n) is 9.86. The van der Waals surface area contributed by atoms with Gasteiger partial charge in [-0.15, -0.1) is 0 Å². The standard InChI is InChI=1S/C21H20ClF3N4O/c22-12-1-6-16-15(9-12)17(10-18(29-16)21(23,24)25)27-13-2-4-14(5-3-13)28-19(30)20(11-26)7-8-20/h1,6,9-10,13-14H,2-5,7-8H2,(H,27,29)(H,28,30)/t13-,14+. The number of nitriles is 1. The summed E-state index contributed by atoms with van der Waals surface area (Å²) in [4.78, 5) is 16.0. The van der Waals surface area contributed by atoms with Gasteiger partial charge in [0.05, 0.1) is 11.6 Å². The smallest absolute Gasteiger partial charge is 0.382 e. The number of pyridine rings is 1. The van der Waals surface area contributed by atoms with Crippen LogP contribution in [0, 0.1) is 16.7 Å². The van der Waals surface area contributed by atoms with Crippen LogP contribution in [0.4, 0.5) is 18.9 Å². The number of benzene rings is 1. The highest BCUT2D eigenvalue weighted by Crippen LogP contribution is 2.45. The highest BCUT2D eigenvalue weighted by Gasteiger charge is 2.51. The fourth-order valence-electron chi connectivity index (χ4n) is 3.90. The summed E-state index contributed by atoms with van der Waals surface area (Å²) >= 11 is 6.04. The minimum atomic E-state index is -4.55. The number of nitrogens with one attached hydrogen (secondary N) is 2. The maximum absolute atomic E-state index is 13.3. The molecule has 5 nitrogen and oxygen atoms in total. The number of carbonyl (C=O) groups is 1. The largest absolute Gasteiger partial charge is 0.433 e. The molecule has 2 saturated carbocycles. The summed E-state index contributed by atoms with van der Waals surface area (Å²) in [5.74, 6) is -0.203. The lowest BCUT2D eigenvalue weighted by atomic mass is 9.90. The van der Waals surface area contributed by atoms with E-state index in [-0.39, 0.29) is 23.5 Å². The Kier molecular flexibility index (Phi) is 5.27. The van der Waals surface area contributed by atoms with Crippen LogP contribution in [-0.2, 0) is 11.0 Å². The molecule has 9 heteroatoms. The van der Waals surface area contributed by atoms with E-state index in [1.54, 1.807) is 6.07 Å². The summed E-state index contributed by atoms with van der Waals surface area (Å²) in [5.41, 5.74) is -1.22. The molecule has 2 aromatic rings. The van der Waals surface area contributed by atoms with Crippen LogP contribution in [0.2, 0.25) is 5.02 Å². The summed E-state index contributed by atoms with van der Waals surface area (Å²) in [6, 6.07) is 7.67. The Hall–Kier alpha value is -2.53. The van der Waals surface area contributed by atoms with Crippen molar-refractivity contribution in [2.75, 3.05) is 5.32 Å². The summed E-state index contributed by atoms with van der Waals surface area (Å²) < 4.78 is 39.8. The van der Waals surface area contributed by atoms with Gasteiger partial charge in [-0.25, -0.2) is 4.98 Å². The van der Waals surface area contributed by atoms with Crippen molar-refractivity contribution in [3.63, 3.8) is 0 Å². The zero-order valence-corrected chi connectivity index (χ0v) is 16.8. The van der Waals surface area contributed by atoms with Gasteiger partial charge in [0.2, 0.25) is 5.91 Å². The second-order valence-electron chi connectivity index (χ2n) is 8.07. The zero-order chi connectivity index (χ0) is 21.5. The van der Waals surface area contributed by atoms with Crippen molar-refractivity contribution in [1.82, 2.24) is 10.3 Å². The maximum atomic E-state index is 13.3. The number of fused-ring (bicyclic) bond motifs is 1. The first-order chi connectivity index (χ1) is 14.2. The first kappa shape index (κ1) is 20.7. The van der Waals surface area contributed by atoms with Gasteiger partial charge in [0.15, 0.2) is 0 Å². The lowest BCUT2D eigenvalue weighted by Gasteiger charge is -2.31. The molecular weight excluding hydrogens is 417 g/mol. The third kappa shape index (κ3) is 4.17. The monoisotopic (exact) mass is 436 g/mol. The maximum Gasteiger partial charge on any atom is 0.433 e. The normalized spacial score (nSPS) is 22.9. The predicted molar refractivity (Wildman–Crippen MR) is 107 cm³/mol. The van der Waals surface area contributed by atoms with Gasteiger partial charge in [0.1, 0.15) is 11.1 Å². The van der Waals surface area contributed by atoms with Gasteiger partial charge in [0, 0.05) is 28.2 Å². The Bertz CT molecular complexity index is 1020. The topological polar surface area (TPSA) is 77.8 Å². The van der Waals surface area contributed by atoms with Crippen molar-refractivity contribution in [2.45, 2.75) is 56.8 Å². The van der Waals surface area contributed by atoms with E-state index in [9.17, 15) is 18.0 Å². The van der Waals surface area contributed by atoms with Crippen molar-refractivity contribution in [3.8, 4) is 6.07 Å². The fraction of sp³-hybridized carbons (Fsp3) is 0.476. The average Bonchev–Trinajstić information content (AvgIpc) is 3.50. The third-order valence-corrected chi connectivity index (χ3v) is 6.12. The molecule has 0 aliphatic heterocycles. The van der Waals surface area contributed by atoms with Crippen molar-refractivity contribution >= 4 is 34.1 Å². The van der Waals surface area contributed by atoms with Gasteiger partial charge >= 0.3 is 6.18 Å². The van der Waals surface area contributed by atoms with E-state index in [2.05, 4.69) is 21.7 Å². The van der Waals surface area contributed by atoms with E-state index in [1.807, 2.05) is 0 Å². The minimum absolute atomic E-state index is 0.0178. The van der Waals surface area contributed by atoms with Gasteiger partial charge in [-0.3, -0.25) is 4.79 Å². The minimum Gasteiger partial charge on any atom is -0.382 e. The number of rotatable bonds is 4. The second-order valence-corrected chi connectivity index (χ2v) is 8.51. The lowest BCUT2D eigenvalue weighted by Crippen LogP contribution is -2.43. The average molecular weight is 437 g/mol. The number of aromatic nitrogens is 1. The zero-order valence-electron chi connectivity index (χ0n) is 16.0. The Morgan fingerprint density at radius 2 is 1.83 bits per heavy atom. The van der Waals surface area contributed by atoms with E-state index < -0.39 is 17.3 Å². The van der Waals surface area contributed by atoms with Gasteiger partial charge in [0.25, 0.3) is 0 Å². The molecule has 0 unspecified atom stereocenters. The molecule has 0 atom stereocenters. The second kappa shape index (κ2) is 7.62. The molecule has 158 valence electrons. The molecule has 1 amide bonds. The lowest BCUT2D eigenvalue weighted by molar-refractivity contribution is -0.140. The van der Waals surface area contributed by atoms with Crippen molar-refractivity contribution in [2.24, 2.45) is 5.41 Å². The van der Waals surface area contributed by atoms with Crippen LogP contribution in [0.5, 0.6) is 0 Å². The molecule has 2 aliphatic rings. The van der Waals surface area contributed by atoms with Gasteiger partial charge in [-0.2, -0.15) is 18.4 Å². The predicted octanol–water partition coefficient (Wildman–Crippen LogP) is 5.05. The van der Waals surface area contributed by atoms with E-state index >= 15 is 0 Å². The number of hydrogen-bond acceptors (Lipinski definition) is 4. The molecule has 0 bridgehead atoms. The van der Waals surface area contributed by atoms with Gasteiger partial charge < -0.3 is 10.6 Å². The highest BCUT2D eigenvalue weighted by atomic mass is 35.5. The molecule has 1 aromatic carbocycles. The Labute approximate surface area is 176 Å². The fourth-order valence-corrected chi connectivity index (χ4v) is 4.07. The molecule has 1 aromatic heterocycles. The SMILES string of the molecule is N#CC1(C(=O)N[C@H]2CC[C@@H](Nc3cc(C(F)(F)F)nc4ccc(Cl)cc34)CC2)CC1. The number of hydrogen-bond donors (Lipinski definition) is 2. The Balaban J connectivity index is 1.46. The molecule has 1 heterocycles. The van der Waals surface area contributed by atoms with Crippen LogP contribution in [0.25, 0.3) is 10.9 Å². The van der Waals surface area contributed by atoms with Crippen LogP contribution in [0.1, 0.15) is 44.2 Å². The number of anilines is 1. The molecule has 0 spiro atoms. The van der Waals surface area contributed by atoms with E-state index in [4.69, 9.17) is 16.9 Å². The quantitative estimate of drug-likeness (QED) is 0.703. The summed E-state index contributed by atoms with van der Waals surface area (Å²) in [7, 11) is 0. The summed E-state index contributed by atoms with van der Waals surface area (Å²) in [5, 5.41) is 16.3. The van der Waals surface area contributed by atoms with E-state index in [1.165, 1.54) is 12.1 Å². The molecule has 0 radical (unpaired) electrons. The van der Waals surface area contributed by atoms with Crippen molar-refractivity contribution in [3.05, 3.63) is 35.0 Å². The molecule has 4 rings (SSSR count). The summed E-state index contributed by atoms with van der Waals surface area (Å²) in [6.45, 7) is 0. The van der Waals surface area contributed by atoms with Crippen molar-refractivity contribution < 1.29 is 18.0 Å². The van der Waals surface area contributed by atoms with Crippen LogP contribution in [0.15, 0.2) is 24.3 Å². The molecule has 2 fully saturated rings. The number of halogens is 4. The van der Waals surface area contributed by atoms with Crippen LogP contribution in [0.3, 0.4) is 0 Å². The van der Waals surface area contributed by atoms with Crippen LogP contribution >= 0.6 is 11.6 Å². The molecule has 0 saturated heterocycles. The van der Waals surface area contributed by atoms with E-state index in [0.29, 0.717) is 54.6 Å². The van der Waals surface area contributed by atoms with Crippen molar-refractivity contribution in [1.29, 1.82) is 5.26 Å². The molecular formula is C21H20ClF3N4O. The first-order valence-corrected chi connectivity index (χ1v) is 10.2. The number of alkyl halides is 3. The third-order valence-electron chi connectivity index (χ3n) is 5.88. The van der Waals surface area contributed by atoms with Crippen LogP contribution < -0.4 is 10.6 Å². The number of nitrogens with zero attached hydrogens (tertiary/aromatic N) is 2. The van der Waals surface area contributed by atoms with E-state index in [0.717, 1.165) is 6.07 Å². The Morgan fingerprint density at radius 3 is 2.43 bits per heavy atom. The summed E-state index contributed by atoms with van der Waals surface area (Å²) in [6.07, 6.45) is -0.573. The van der Waals surface area contributed by atoms with Gasteiger partial charge in [-0.05, 0) is 62.8 Å². The number of amides is 1. The molecule has 2 N–H and O–H groups in total. The molecule has 2 aliphatic carbocycles. The Morgan fingerprint density at radius 1 is 1.17 bits per heavy atom. The van der Waals surface area contributed by atoms with Gasteiger partial charge in [-0.1, -0.05) is 11.6 Å². The number of carbonyl (C=O) groups excluding carboxylic acids is 1.